The molecule has 1 aromatic rings. The fraction of sp³-hybridized carbons (Fsp3) is 0.467. The number of hydrogen-bond donors (Lipinski definition) is 2. The molecule has 116 valence electrons. The van der Waals surface area contributed by atoms with E-state index in [1.807, 2.05) is 13.8 Å². The number of likely N-dealkylation sites (N-methyl/N-ethyl adjacent to an activating group) is 2. The summed E-state index contributed by atoms with van der Waals surface area (Å²) in [7, 11) is 0. The Morgan fingerprint density at radius 2 is 1.86 bits per heavy atom. The zero-order valence-corrected chi connectivity index (χ0v) is 12.7. The second-order valence-corrected chi connectivity index (χ2v) is 4.77. The van der Waals surface area contributed by atoms with Crippen molar-refractivity contribution in [2.45, 2.75) is 20.8 Å². The number of aryl methyl sites for hydroxylation is 1. The van der Waals surface area contributed by atoms with Crippen molar-refractivity contribution >= 4 is 17.5 Å². The molecule has 0 saturated carbocycles. The van der Waals surface area contributed by atoms with Crippen LogP contribution in [0.3, 0.4) is 0 Å². The summed E-state index contributed by atoms with van der Waals surface area (Å²) >= 11 is 0. The molecule has 21 heavy (non-hydrogen) atoms. The molecule has 0 aliphatic carbocycles. The number of anilines is 1. The van der Waals surface area contributed by atoms with Gasteiger partial charge in [-0.1, -0.05) is 13.0 Å². The Labute approximate surface area is 124 Å². The molecule has 0 fully saturated rings. The van der Waals surface area contributed by atoms with Crippen molar-refractivity contribution in [2.24, 2.45) is 0 Å². The van der Waals surface area contributed by atoms with Crippen LogP contribution in [0.15, 0.2) is 18.2 Å². The Morgan fingerprint density at radius 1 is 1.19 bits per heavy atom. The van der Waals surface area contributed by atoms with Crippen LogP contribution in [-0.2, 0) is 9.59 Å². The van der Waals surface area contributed by atoms with E-state index in [-0.39, 0.29) is 30.7 Å². The van der Waals surface area contributed by atoms with Crippen LogP contribution in [0.25, 0.3) is 0 Å². The van der Waals surface area contributed by atoms with Crippen molar-refractivity contribution in [1.29, 1.82) is 0 Å². The van der Waals surface area contributed by atoms with Crippen LogP contribution >= 0.6 is 0 Å². The van der Waals surface area contributed by atoms with Gasteiger partial charge >= 0.3 is 0 Å². The Kier molecular flexibility index (Phi) is 6.81. The van der Waals surface area contributed by atoms with Gasteiger partial charge in [0.1, 0.15) is 5.82 Å². The number of nitrogens with one attached hydrogen (secondary N) is 2. The largest absolute Gasteiger partial charge is 0.355 e. The van der Waals surface area contributed by atoms with Crippen LogP contribution in [0.1, 0.15) is 19.4 Å². The minimum absolute atomic E-state index is 0.0864. The summed E-state index contributed by atoms with van der Waals surface area (Å²) in [4.78, 5) is 25.1. The van der Waals surface area contributed by atoms with Crippen molar-refractivity contribution in [3.63, 3.8) is 0 Å². The van der Waals surface area contributed by atoms with Crippen LogP contribution in [0.5, 0.6) is 0 Å². The van der Waals surface area contributed by atoms with Gasteiger partial charge in [-0.05, 0) is 38.1 Å². The number of carbonyl (C=O) groups excluding carboxylic acids is 2. The SMILES string of the molecule is CCNC(=O)CN(CC)CC(=O)Nc1ccc(C)c(F)c1. The first-order chi connectivity index (χ1) is 9.96. The fourth-order valence-corrected chi connectivity index (χ4v) is 1.81. The van der Waals surface area contributed by atoms with Gasteiger partial charge in [0.15, 0.2) is 0 Å². The molecule has 1 rings (SSSR count). The van der Waals surface area contributed by atoms with E-state index >= 15 is 0 Å². The maximum absolute atomic E-state index is 13.4. The first-order valence-electron chi connectivity index (χ1n) is 7.01. The lowest BCUT2D eigenvalue weighted by Crippen LogP contribution is -2.41. The average molecular weight is 295 g/mol. The average Bonchev–Trinajstić information content (AvgIpc) is 2.42. The van der Waals surface area contributed by atoms with Crippen LogP contribution in [0, 0.1) is 12.7 Å². The Balaban J connectivity index is 2.54. The van der Waals surface area contributed by atoms with Crippen LogP contribution in [0.4, 0.5) is 10.1 Å². The fourth-order valence-electron chi connectivity index (χ4n) is 1.81. The molecule has 0 radical (unpaired) electrons. The molecule has 2 N–H and O–H groups in total. The lowest BCUT2D eigenvalue weighted by Gasteiger charge is -2.19. The van der Waals surface area contributed by atoms with E-state index in [0.29, 0.717) is 24.3 Å². The summed E-state index contributed by atoms with van der Waals surface area (Å²) in [6.07, 6.45) is 0. The zero-order valence-electron chi connectivity index (χ0n) is 12.7. The highest BCUT2D eigenvalue weighted by atomic mass is 19.1. The molecule has 0 aliphatic rings. The summed E-state index contributed by atoms with van der Waals surface area (Å²) in [5.74, 6) is -0.750. The first-order valence-corrected chi connectivity index (χ1v) is 7.01. The number of halogens is 1. The molecule has 0 atom stereocenters. The van der Waals surface area contributed by atoms with E-state index in [4.69, 9.17) is 0 Å². The normalized spacial score (nSPS) is 10.5. The van der Waals surface area contributed by atoms with Gasteiger partial charge < -0.3 is 10.6 Å². The number of hydrogen-bond acceptors (Lipinski definition) is 3. The van der Waals surface area contributed by atoms with Crippen molar-refractivity contribution < 1.29 is 14.0 Å². The third-order valence-electron chi connectivity index (χ3n) is 3.01. The van der Waals surface area contributed by atoms with Gasteiger partial charge in [0.2, 0.25) is 11.8 Å². The third kappa shape index (κ3) is 5.91. The van der Waals surface area contributed by atoms with Gasteiger partial charge in [-0.25, -0.2) is 4.39 Å². The first kappa shape index (κ1) is 17.1. The van der Waals surface area contributed by atoms with Gasteiger partial charge in [-0.15, -0.1) is 0 Å². The molecular formula is C15H22FN3O2. The second kappa shape index (κ2) is 8.36. The highest BCUT2D eigenvalue weighted by Gasteiger charge is 2.13. The number of rotatable bonds is 7. The van der Waals surface area contributed by atoms with Crippen LogP contribution in [0.2, 0.25) is 0 Å². The van der Waals surface area contributed by atoms with Gasteiger partial charge in [0.25, 0.3) is 0 Å². The number of amides is 2. The lowest BCUT2D eigenvalue weighted by atomic mass is 10.2. The summed E-state index contributed by atoms with van der Waals surface area (Å²) in [6, 6.07) is 4.54. The minimum Gasteiger partial charge on any atom is -0.355 e. The Morgan fingerprint density at radius 3 is 2.43 bits per heavy atom. The summed E-state index contributed by atoms with van der Waals surface area (Å²) < 4.78 is 13.4. The minimum atomic E-state index is -0.359. The molecule has 6 heteroatoms. The van der Waals surface area contributed by atoms with Gasteiger partial charge in [0.05, 0.1) is 13.1 Å². The molecule has 0 saturated heterocycles. The number of carbonyl (C=O) groups is 2. The summed E-state index contributed by atoms with van der Waals surface area (Å²) in [6.45, 7) is 6.76. The molecule has 0 spiro atoms. The Bertz CT molecular complexity index is 506. The maximum Gasteiger partial charge on any atom is 0.238 e. The van der Waals surface area contributed by atoms with Crippen LogP contribution in [-0.4, -0.2) is 42.9 Å². The van der Waals surface area contributed by atoms with Gasteiger partial charge in [-0.2, -0.15) is 0 Å². The van der Waals surface area contributed by atoms with Crippen molar-refractivity contribution in [2.75, 3.05) is 31.5 Å². The molecule has 2 amide bonds. The topological polar surface area (TPSA) is 61.4 Å². The van der Waals surface area contributed by atoms with Crippen LogP contribution < -0.4 is 10.6 Å². The Hall–Kier alpha value is -1.95. The lowest BCUT2D eigenvalue weighted by molar-refractivity contribution is -0.123. The van der Waals surface area contributed by atoms with Crippen molar-refractivity contribution in [3.05, 3.63) is 29.6 Å². The van der Waals surface area contributed by atoms with Crippen molar-refractivity contribution in [1.82, 2.24) is 10.2 Å². The quantitative estimate of drug-likeness (QED) is 0.802. The van der Waals surface area contributed by atoms with E-state index < -0.39 is 0 Å². The van der Waals surface area contributed by atoms with Gasteiger partial charge in [0, 0.05) is 12.2 Å². The molecule has 0 aliphatic heterocycles. The highest BCUT2D eigenvalue weighted by molar-refractivity contribution is 5.92. The van der Waals surface area contributed by atoms with E-state index in [9.17, 15) is 14.0 Å². The zero-order chi connectivity index (χ0) is 15.8. The predicted molar refractivity (Wildman–Crippen MR) is 80.6 cm³/mol. The molecule has 1 aromatic carbocycles. The van der Waals surface area contributed by atoms with Gasteiger partial charge in [-0.3, -0.25) is 14.5 Å². The van der Waals surface area contributed by atoms with E-state index in [1.54, 1.807) is 24.0 Å². The van der Waals surface area contributed by atoms with E-state index in [2.05, 4.69) is 10.6 Å². The molecular weight excluding hydrogens is 273 g/mol. The van der Waals surface area contributed by atoms with Crippen molar-refractivity contribution in [3.8, 4) is 0 Å². The molecule has 0 unspecified atom stereocenters. The standard InChI is InChI=1S/C15H22FN3O2/c1-4-17-14(20)9-19(5-2)10-15(21)18-12-7-6-11(3)13(16)8-12/h6-8H,4-5,9-10H2,1-3H3,(H,17,20)(H,18,21). The number of nitrogens with zero attached hydrogens (tertiary/aromatic N) is 1. The third-order valence-corrected chi connectivity index (χ3v) is 3.01. The maximum atomic E-state index is 13.4. The second-order valence-electron chi connectivity index (χ2n) is 4.77. The molecule has 0 aromatic heterocycles. The predicted octanol–water partition coefficient (Wildman–Crippen LogP) is 1.53. The molecule has 0 bridgehead atoms. The highest BCUT2D eigenvalue weighted by Crippen LogP contribution is 2.13. The van der Waals surface area contributed by atoms with E-state index in [1.165, 1.54) is 6.07 Å². The summed E-state index contributed by atoms with van der Waals surface area (Å²) in [5.41, 5.74) is 0.941. The summed E-state index contributed by atoms with van der Waals surface area (Å²) in [5, 5.41) is 5.31. The van der Waals surface area contributed by atoms with E-state index in [0.717, 1.165) is 0 Å². The molecule has 0 heterocycles. The smallest absolute Gasteiger partial charge is 0.238 e. The number of benzene rings is 1. The molecule has 5 nitrogen and oxygen atoms in total. The monoisotopic (exact) mass is 295 g/mol.